The normalized spacial score (nSPS) is 14.4. The van der Waals surface area contributed by atoms with Crippen molar-refractivity contribution >= 4 is 11.6 Å². The fourth-order valence-corrected chi connectivity index (χ4v) is 2.35. The lowest BCUT2D eigenvalue weighted by Gasteiger charge is -2.29. The Labute approximate surface area is 104 Å². The molecule has 0 N–H and O–H groups in total. The van der Waals surface area contributed by atoms with E-state index in [1.807, 2.05) is 6.07 Å². The zero-order valence-corrected chi connectivity index (χ0v) is 9.73. The highest BCUT2D eigenvalue weighted by molar-refractivity contribution is 6.06. The Hall–Kier alpha value is -2.10. The van der Waals surface area contributed by atoms with Crippen LogP contribution in [0.3, 0.4) is 0 Å². The Balaban J connectivity index is 2.04. The summed E-state index contributed by atoms with van der Waals surface area (Å²) in [5.74, 6) is -0.557. The summed E-state index contributed by atoms with van der Waals surface area (Å²) in [6.07, 6.45) is 4.49. The lowest BCUT2D eigenvalue weighted by molar-refractivity contribution is 0.0983. The summed E-state index contributed by atoms with van der Waals surface area (Å²) < 4.78 is 18.8. The molecule has 2 heterocycles. The van der Waals surface area contributed by atoms with Gasteiger partial charge in [0.1, 0.15) is 12.1 Å². The lowest BCUT2D eigenvalue weighted by Crippen LogP contribution is -2.36. The molecule has 1 aliphatic heterocycles. The first-order chi connectivity index (χ1) is 8.77. The van der Waals surface area contributed by atoms with Gasteiger partial charge in [0.2, 0.25) is 0 Å². The summed E-state index contributed by atoms with van der Waals surface area (Å²) in [4.78, 5) is 13.8. The van der Waals surface area contributed by atoms with Crippen LogP contribution in [0.5, 0.6) is 0 Å². The highest BCUT2D eigenvalue weighted by Gasteiger charge is 2.26. The molecule has 1 aliphatic rings. The van der Waals surface area contributed by atoms with Gasteiger partial charge in [0.05, 0.1) is 17.5 Å². The predicted octanol–water partition coefficient (Wildman–Crippen LogP) is 3.01. The maximum atomic E-state index is 13.9. The number of fused-ring (bicyclic) bond motifs is 1. The molecule has 3 rings (SSSR count). The van der Waals surface area contributed by atoms with Crippen molar-refractivity contribution in [3.8, 4) is 0 Å². The maximum Gasteiger partial charge on any atom is 0.261 e. The summed E-state index contributed by atoms with van der Waals surface area (Å²) in [6.45, 7) is 0.540. The second kappa shape index (κ2) is 4.29. The Bertz CT molecular complexity index is 577. The van der Waals surface area contributed by atoms with E-state index in [2.05, 4.69) is 0 Å². The third-order valence-corrected chi connectivity index (χ3v) is 3.18. The first-order valence-corrected chi connectivity index (χ1v) is 5.89. The highest BCUT2D eigenvalue weighted by Crippen LogP contribution is 2.31. The van der Waals surface area contributed by atoms with E-state index in [1.165, 1.54) is 23.5 Å². The molecule has 0 bridgehead atoms. The van der Waals surface area contributed by atoms with Crippen LogP contribution >= 0.6 is 0 Å². The van der Waals surface area contributed by atoms with Crippen LogP contribution in [-0.2, 0) is 6.42 Å². The summed E-state index contributed by atoms with van der Waals surface area (Å²) in [5.41, 5.74) is 1.75. The molecule has 1 amide bonds. The molecule has 0 spiro atoms. The second-order valence-electron chi connectivity index (χ2n) is 4.32. The van der Waals surface area contributed by atoms with Crippen molar-refractivity contribution in [2.45, 2.75) is 12.8 Å². The Morgan fingerprint density at radius 3 is 3.00 bits per heavy atom. The van der Waals surface area contributed by atoms with Crippen LogP contribution in [0.25, 0.3) is 0 Å². The van der Waals surface area contributed by atoms with E-state index >= 15 is 0 Å². The predicted molar refractivity (Wildman–Crippen MR) is 65.1 cm³/mol. The van der Waals surface area contributed by atoms with Gasteiger partial charge in [-0.25, -0.2) is 4.39 Å². The Morgan fingerprint density at radius 1 is 1.33 bits per heavy atom. The van der Waals surface area contributed by atoms with Gasteiger partial charge >= 0.3 is 0 Å². The van der Waals surface area contributed by atoms with E-state index in [0.717, 1.165) is 18.4 Å². The van der Waals surface area contributed by atoms with E-state index in [9.17, 15) is 9.18 Å². The number of halogens is 1. The van der Waals surface area contributed by atoms with Crippen molar-refractivity contribution in [2.75, 3.05) is 11.4 Å². The van der Waals surface area contributed by atoms with Gasteiger partial charge < -0.3 is 9.32 Å². The molecular weight excluding hydrogens is 233 g/mol. The van der Waals surface area contributed by atoms with Gasteiger partial charge in [-0.3, -0.25) is 4.79 Å². The number of carbonyl (C=O) groups excluding carboxylic acids is 1. The zero-order chi connectivity index (χ0) is 12.5. The minimum absolute atomic E-state index is 0.213. The third-order valence-electron chi connectivity index (χ3n) is 3.18. The summed E-state index contributed by atoms with van der Waals surface area (Å²) in [6, 6.07) is 6.53. The number of hydrogen-bond acceptors (Lipinski definition) is 2. The van der Waals surface area contributed by atoms with Gasteiger partial charge in [-0.05, 0) is 30.5 Å². The molecule has 0 unspecified atom stereocenters. The minimum Gasteiger partial charge on any atom is -0.472 e. The summed E-state index contributed by atoms with van der Waals surface area (Å²) >= 11 is 0. The SMILES string of the molecule is O=C(c1ccoc1)N1CCCc2cccc(F)c21. The molecule has 0 saturated carbocycles. The van der Waals surface area contributed by atoms with Gasteiger partial charge in [-0.2, -0.15) is 0 Å². The smallest absolute Gasteiger partial charge is 0.261 e. The Morgan fingerprint density at radius 2 is 2.22 bits per heavy atom. The van der Waals surface area contributed by atoms with Crippen molar-refractivity contribution in [2.24, 2.45) is 0 Å². The van der Waals surface area contributed by atoms with Crippen molar-refractivity contribution in [1.82, 2.24) is 0 Å². The molecular formula is C14H12FNO2. The second-order valence-corrected chi connectivity index (χ2v) is 4.32. The van der Waals surface area contributed by atoms with Crippen molar-refractivity contribution < 1.29 is 13.6 Å². The van der Waals surface area contributed by atoms with Gasteiger partial charge in [-0.15, -0.1) is 0 Å². The van der Waals surface area contributed by atoms with E-state index in [0.29, 0.717) is 17.8 Å². The minimum atomic E-state index is -0.343. The van der Waals surface area contributed by atoms with Crippen molar-refractivity contribution in [3.05, 3.63) is 53.7 Å². The fraction of sp³-hybridized carbons (Fsp3) is 0.214. The van der Waals surface area contributed by atoms with Crippen LogP contribution in [0.15, 0.2) is 41.2 Å². The number of hydrogen-bond donors (Lipinski definition) is 0. The molecule has 2 aromatic rings. The molecule has 1 aromatic heterocycles. The van der Waals surface area contributed by atoms with E-state index in [-0.39, 0.29) is 11.7 Å². The van der Waals surface area contributed by atoms with Crippen LogP contribution in [0.4, 0.5) is 10.1 Å². The average Bonchev–Trinajstić information content (AvgIpc) is 2.91. The molecule has 0 radical (unpaired) electrons. The summed E-state index contributed by atoms with van der Waals surface area (Å²) in [7, 11) is 0. The average molecular weight is 245 g/mol. The number of anilines is 1. The number of amides is 1. The monoisotopic (exact) mass is 245 g/mol. The number of para-hydroxylation sites is 1. The van der Waals surface area contributed by atoms with Crippen LogP contribution < -0.4 is 4.90 Å². The van der Waals surface area contributed by atoms with E-state index in [4.69, 9.17) is 4.42 Å². The topological polar surface area (TPSA) is 33.5 Å². The van der Waals surface area contributed by atoms with Crippen LogP contribution in [0.1, 0.15) is 22.3 Å². The first-order valence-electron chi connectivity index (χ1n) is 5.89. The largest absolute Gasteiger partial charge is 0.472 e. The number of furan rings is 1. The number of nitrogens with zero attached hydrogens (tertiary/aromatic N) is 1. The van der Waals surface area contributed by atoms with Gasteiger partial charge in [-0.1, -0.05) is 12.1 Å². The molecule has 92 valence electrons. The molecule has 0 fully saturated rings. The van der Waals surface area contributed by atoms with Gasteiger partial charge in [0.15, 0.2) is 0 Å². The van der Waals surface area contributed by atoms with E-state index in [1.54, 1.807) is 12.1 Å². The fourth-order valence-electron chi connectivity index (χ4n) is 2.35. The third kappa shape index (κ3) is 1.70. The number of benzene rings is 1. The van der Waals surface area contributed by atoms with Crippen LogP contribution in [0, 0.1) is 5.82 Å². The quantitative estimate of drug-likeness (QED) is 0.773. The summed E-state index contributed by atoms with van der Waals surface area (Å²) in [5, 5.41) is 0. The van der Waals surface area contributed by atoms with Crippen molar-refractivity contribution in [1.29, 1.82) is 0 Å². The van der Waals surface area contributed by atoms with Gasteiger partial charge in [0, 0.05) is 6.54 Å². The number of aryl methyl sites for hydroxylation is 1. The Kier molecular flexibility index (Phi) is 2.63. The van der Waals surface area contributed by atoms with Crippen LogP contribution in [-0.4, -0.2) is 12.5 Å². The van der Waals surface area contributed by atoms with E-state index < -0.39 is 0 Å². The maximum absolute atomic E-state index is 13.9. The number of carbonyl (C=O) groups is 1. The van der Waals surface area contributed by atoms with Gasteiger partial charge in [0.25, 0.3) is 5.91 Å². The number of rotatable bonds is 1. The first kappa shape index (κ1) is 11.0. The molecule has 3 nitrogen and oxygen atoms in total. The standard InChI is InChI=1S/C14H12FNO2/c15-12-5-1-3-10-4-2-7-16(13(10)12)14(17)11-6-8-18-9-11/h1,3,5-6,8-9H,2,4,7H2. The molecule has 18 heavy (non-hydrogen) atoms. The van der Waals surface area contributed by atoms with Crippen molar-refractivity contribution in [3.63, 3.8) is 0 Å². The lowest BCUT2D eigenvalue weighted by atomic mass is 10.0. The van der Waals surface area contributed by atoms with Crippen LogP contribution in [0.2, 0.25) is 0 Å². The molecule has 1 aromatic carbocycles. The highest BCUT2D eigenvalue weighted by atomic mass is 19.1. The zero-order valence-electron chi connectivity index (χ0n) is 9.73. The molecule has 4 heteroatoms. The molecule has 0 atom stereocenters. The molecule has 0 aliphatic carbocycles. The molecule has 0 saturated heterocycles.